The zero-order valence-corrected chi connectivity index (χ0v) is 15.6. The van der Waals surface area contributed by atoms with Crippen molar-refractivity contribution in [2.45, 2.75) is 58.7 Å². The lowest BCUT2D eigenvalue weighted by atomic mass is 10.2. The summed E-state index contributed by atoms with van der Waals surface area (Å²) < 4.78 is 5.59. The number of carbonyl (C=O) groups is 1. The molecule has 0 saturated heterocycles. The van der Waals surface area contributed by atoms with Gasteiger partial charge in [0.2, 0.25) is 8.32 Å². The van der Waals surface area contributed by atoms with E-state index in [2.05, 4.69) is 33.8 Å². The van der Waals surface area contributed by atoms with Crippen LogP contribution in [-0.2, 0) is 4.43 Å². The van der Waals surface area contributed by atoms with Gasteiger partial charge >= 0.3 is 5.97 Å². The third-order valence-corrected chi connectivity index (χ3v) is 6.79. The van der Waals surface area contributed by atoms with E-state index >= 15 is 0 Å². The highest BCUT2D eigenvalue weighted by atomic mass is 31.1. The summed E-state index contributed by atoms with van der Waals surface area (Å²) in [6, 6.07) is 8.03. The predicted octanol–water partition coefficient (Wildman–Crippen LogP) is 4.60. The molecule has 112 valence electrons. The van der Waals surface area contributed by atoms with Crippen molar-refractivity contribution in [3.8, 4) is 0 Å². The molecule has 20 heavy (non-hydrogen) atoms. The molecule has 0 amide bonds. The number of hydrogen-bond acceptors (Lipinski definition) is 2. The van der Waals surface area contributed by atoms with E-state index in [0.717, 1.165) is 0 Å². The molecule has 0 N–H and O–H groups in total. The molecule has 2 nitrogen and oxygen atoms in total. The first-order valence-electron chi connectivity index (χ1n) is 7.23. The highest BCUT2D eigenvalue weighted by Gasteiger charge is 2.23. The van der Waals surface area contributed by atoms with Gasteiger partial charge in [-0.05, 0) is 48.4 Å². The van der Waals surface area contributed by atoms with Crippen LogP contribution in [-0.4, -0.2) is 25.6 Å². The molecule has 1 aromatic carbocycles. The molecule has 1 aromatic rings. The van der Waals surface area contributed by atoms with Gasteiger partial charge in [0.05, 0.1) is 5.56 Å². The largest absolute Gasteiger partial charge is 0.516 e. The van der Waals surface area contributed by atoms with E-state index in [1.54, 1.807) is 0 Å². The lowest BCUT2D eigenvalue weighted by Crippen LogP contribution is -2.29. The van der Waals surface area contributed by atoms with Gasteiger partial charge in [-0.1, -0.05) is 47.7 Å². The Bertz CT molecular complexity index is 456. The minimum atomic E-state index is -1.84. The maximum absolute atomic E-state index is 12.2. The van der Waals surface area contributed by atoms with Crippen LogP contribution < -0.4 is 5.30 Å². The van der Waals surface area contributed by atoms with Crippen molar-refractivity contribution in [3.05, 3.63) is 29.8 Å². The summed E-state index contributed by atoms with van der Waals surface area (Å²) in [5.74, 6) is -0.173. The Morgan fingerprint density at radius 2 is 1.65 bits per heavy atom. The Hall–Kier alpha value is -0.663. The lowest BCUT2D eigenvalue weighted by molar-refractivity contribution is 0.0724. The van der Waals surface area contributed by atoms with Crippen LogP contribution in [0.1, 0.15) is 38.1 Å². The van der Waals surface area contributed by atoms with Crippen molar-refractivity contribution < 1.29 is 9.22 Å². The molecule has 0 aromatic heterocycles. The van der Waals surface area contributed by atoms with Crippen LogP contribution in [0.5, 0.6) is 0 Å². The van der Waals surface area contributed by atoms with Gasteiger partial charge in [-0.3, -0.25) is 0 Å². The van der Waals surface area contributed by atoms with Gasteiger partial charge in [-0.2, -0.15) is 0 Å². The molecule has 4 heteroatoms. The molecule has 0 bridgehead atoms. The van der Waals surface area contributed by atoms with E-state index in [4.69, 9.17) is 4.43 Å². The summed E-state index contributed by atoms with van der Waals surface area (Å²) in [6.07, 6.45) is 0. The summed E-state index contributed by atoms with van der Waals surface area (Å²) in [5.41, 5.74) is 1.93. The zero-order chi connectivity index (χ0) is 15.5. The van der Waals surface area contributed by atoms with E-state index in [1.807, 2.05) is 37.8 Å². The molecule has 0 saturated carbocycles. The van der Waals surface area contributed by atoms with E-state index < -0.39 is 8.32 Å². The average molecular weight is 310 g/mol. The zero-order valence-electron chi connectivity index (χ0n) is 13.7. The van der Waals surface area contributed by atoms with E-state index in [1.165, 1.54) is 5.30 Å². The fourth-order valence-corrected chi connectivity index (χ4v) is 5.93. The Morgan fingerprint density at radius 1 is 1.10 bits per heavy atom. The molecule has 0 aliphatic carbocycles. The van der Waals surface area contributed by atoms with E-state index in [9.17, 15) is 4.79 Å². The van der Waals surface area contributed by atoms with Gasteiger partial charge in [0.25, 0.3) is 0 Å². The summed E-state index contributed by atoms with van der Waals surface area (Å²) in [4.78, 5) is 12.2. The first kappa shape index (κ1) is 17.4. The van der Waals surface area contributed by atoms with E-state index in [0.29, 0.717) is 16.9 Å². The number of benzene rings is 1. The van der Waals surface area contributed by atoms with Crippen LogP contribution in [0.2, 0.25) is 19.6 Å². The standard InChI is InChI=1S/C16H27O2PSi/c1-12(2)19(13(3)4)15-10-8-9-14(11-15)16(17)18-20(5,6)7/h8-13H,1-7H3. The summed E-state index contributed by atoms with van der Waals surface area (Å²) in [7, 11) is -2.08. The molecule has 0 aliphatic rings. The molecule has 0 radical (unpaired) electrons. The van der Waals surface area contributed by atoms with Gasteiger partial charge in [-0.15, -0.1) is 0 Å². The summed E-state index contributed by atoms with van der Waals surface area (Å²) in [5, 5.41) is 1.30. The lowest BCUT2D eigenvalue weighted by Gasteiger charge is -2.26. The monoisotopic (exact) mass is 310 g/mol. The van der Waals surface area contributed by atoms with Crippen molar-refractivity contribution >= 4 is 27.5 Å². The van der Waals surface area contributed by atoms with Crippen LogP contribution >= 0.6 is 7.92 Å². The molecular weight excluding hydrogens is 283 g/mol. The molecule has 1 rings (SSSR count). The van der Waals surface area contributed by atoms with Crippen molar-refractivity contribution in [1.29, 1.82) is 0 Å². The molecule has 0 aliphatic heterocycles. The molecule has 0 unspecified atom stereocenters. The second-order valence-electron chi connectivity index (χ2n) is 6.65. The number of hydrogen-bond donors (Lipinski definition) is 0. The second kappa shape index (κ2) is 6.86. The van der Waals surface area contributed by atoms with Crippen molar-refractivity contribution in [2.75, 3.05) is 0 Å². The highest BCUT2D eigenvalue weighted by molar-refractivity contribution is 7.66. The molecule has 0 heterocycles. The Morgan fingerprint density at radius 3 is 2.10 bits per heavy atom. The van der Waals surface area contributed by atoms with Crippen molar-refractivity contribution in [3.63, 3.8) is 0 Å². The number of carbonyl (C=O) groups excluding carboxylic acids is 1. The van der Waals surface area contributed by atoms with Gasteiger partial charge in [0, 0.05) is 0 Å². The molecule has 0 spiro atoms. The van der Waals surface area contributed by atoms with Crippen LogP contribution in [0.3, 0.4) is 0 Å². The van der Waals surface area contributed by atoms with Crippen molar-refractivity contribution in [2.24, 2.45) is 0 Å². The maximum atomic E-state index is 12.2. The summed E-state index contributed by atoms with van der Waals surface area (Å²) in [6.45, 7) is 15.1. The van der Waals surface area contributed by atoms with E-state index in [-0.39, 0.29) is 13.9 Å². The first-order valence-corrected chi connectivity index (χ1v) is 12.1. The van der Waals surface area contributed by atoms with Gasteiger partial charge < -0.3 is 4.43 Å². The Kier molecular flexibility index (Phi) is 5.97. The smallest absolute Gasteiger partial charge is 0.324 e. The fraction of sp³-hybridized carbons (Fsp3) is 0.562. The summed E-state index contributed by atoms with van der Waals surface area (Å²) >= 11 is 0. The fourth-order valence-electron chi connectivity index (χ4n) is 2.32. The SMILES string of the molecule is CC(C)P(c1cccc(C(=O)O[Si](C)(C)C)c1)C(C)C. The second-order valence-corrected chi connectivity index (χ2v) is 14.5. The third-order valence-electron chi connectivity index (χ3n) is 2.89. The van der Waals surface area contributed by atoms with Gasteiger partial charge in [0.1, 0.15) is 0 Å². The quantitative estimate of drug-likeness (QED) is 0.587. The van der Waals surface area contributed by atoms with Crippen LogP contribution in [0.25, 0.3) is 0 Å². The first-order chi connectivity index (χ1) is 9.11. The average Bonchev–Trinajstić information content (AvgIpc) is 2.26. The Balaban J connectivity index is 3.04. The molecular formula is C16H27O2PSi. The number of rotatable bonds is 5. The minimum Gasteiger partial charge on any atom is -0.516 e. The van der Waals surface area contributed by atoms with Gasteiger partial charge in [0.15, 0.2) is 0 Å². The molecule has 0 atom stereocenters. The van der Waals surface area contributed by atoms with Crippen LogP contribution in [0.15, 0.2) is 24.3 Å². The third kappa shape index (κ3) is 5.03. The minimum absolute atomic E-state index is 0.173. The topological polar surface area (TPSA) is 26.3 Å². The van der Waals surface area contributed by atoms with Gasteiger partial charge in [-0.25, -0.2) is 4.79 Å². The highest BCUT2D eigenvalue weighted by Crippen LogP contribution is 2.44. The van der Waals surface area contributed by atoms with Crippen molar-refractivity contribution in [1.82, 2.24) is 0 Å². The van der Waals surface area contributed by atoms with Crippen LogP contribution in [0, 0.1) is 0 Å². The normalized spacial score (nSPS) is 12.3. The molecule has 0 fully saturated rings. The predicted molar refractivity (Wildman–Crippen MR) is 92.0 cm³/mol. The Labute approximate surface area is 125 Å². The van der Waals surface area contributed by atoms with Crippen LogP contribution in [0.4, 0.5) is 0 Å². The maximum Gasteiger partial charge on any atom is 0.324 e.